The van der Waals surface area contributed by atoms with Gasteiger partial charge in [0.05, 0.1) is 0 Å². The van der Waals surface area contributed by atoms with E-state index in [-0.39, 0.29) is 0 Å². The maximum atomic E-state index is 11.4. The Kier molecular flexibility index (Phi) is 3.85. The zero-order valence-corrected chi connectivity index (χ0v) is 7.75. The van der Waals surface area contributed by atoms with E-state index in [0.29, 0.717) is 5.91 Å². The summed E-state index contributed by atoms with van der Waals surface area (Å²) in [5.41, 5.74) is 0. The molecule has 1 amide bonds. The quantitative estimate of drug-likeness (QED) is 0.588. The monoisotopic (exact) mass is 167 g/mol. The minimum absolute atomic E-state index is 0.321. The van der Waals surface area contributed by atoms with E-state index in [0.717, 1.165) is 38.8 Å². The average Bonchev–Trinajstić information content (AvgIpc) is 2.15. The number of unbranched alkanes of at least 4 members (excludes halogenated alkanes) is 1. The summed E-state index contributed by atoms with van der Waals surface area (Å²) in [5, 5.41) is 0. The Morgan fingerprint density at radius 1 is 1.50 bits per heavy atom. The number of hydrogen-bond acceptors (Lipinski definition) is 1. The van der Waals surface area contributed by atoms with Gasteiger partial charge in [0.25, 0.3) is 0 Å². The van der Waals surface area contributed by atoms with Gasteiger partial charge in [-0.15, -0.1) is 0 Å². The molecule has 68 valence electrons. The molecular formula is C10H17NO. The standard InChI is InChI=1S/C10H17NO/c1-2-3-7-10(12)11-8-5-4-6-9-11/h4-5H,2-3,6-9H2,1H3. The molecule has 0 saturated heterocycles. The van der Waals surface area contributed by atoms with Crippen LogP contribution in [0.4, 0.5) is 0 Å². The second-order valence-corrected chi connectivity index (χ2v) is 3.20. The first-order valence-corrected chi connectivity index (χ1v) is 4.77. The van der Waals surface area contributed by atoms with Gasteiger partial charge in [0, 0.05) is 19.5 Å². The van der Waals surface area contributed by atoms with Gasteiger partial charge in [-0.1, -0.05) is 25.5 Å². The lowest BCUT2D eigenvalue weighted by molar-refractivity contribution is -0.130. The Labute approximate surface area is 74.2 Å². The van der Waals surface area contributed by atoms with Gasteiger partial charge < -0.3 is 4.90 Å². The molecular weight excluding hydrogens is 150 g/mol. The Morgan fingerprint density at radius 3 is 2.92 bits per heavy atom. The molecule has 2 nitrogen and oxygen atoms in total. The summed E-state index contributed by atoms with van der Waals surface area (Å²) in [4.78, 5) is 13.4. The van der Waals surface area contributed by atoms with Crippen molar-refractivity contribution in [3.8, 4) is 0 Å². The normalized spacial score (nSPS) is 16.6. The Hall–Kier alpha value is -0.790. The fourth-order valence-corrected chi connectivity index (χ4v) is 1.35. The third-order valence-corrected chi connectivity index (χ3v) is 2.16. The van der Waals surface area contributed by atoms with Crippen molar-refractivity contribution >= 4 is 5.91 Å². The highest BCUT2D eigenvalue weighted by Crippen LogP contribution is 2.05. The molecule has 1 rings (SSSR count). The topological polar surface area (TPSA) is 20.3 Å². The molecule has 0 spiro atoms. The molecule has 2 heteroatoms. The van der Waals surface area contributed by atoms with Crippen LogP contribution in [0, 0.1) is 0 Å². The van der Waals surface area contributed by atoms with Crippen LogP contribution in [0.3, 0.4) is 0 Å². The van der Waals surface area contributed by atoms with E-state index in [4.69, 9.17) is 0 Å². The summed E-state index contributed by atoms with van der Waals surface area (Å²) in [6, 6.07) is 0. The van der Waals surface area contributed by atoms with Gasteiger partial charge in [-0.2, -0.15) is 0 Å². The van der Waals surface area contributed by atoms with Gasteiger partial charge in [-0.25, -0.2) is 0 Å². The molecule has 0 aliphatic carbocycles. The molecule has 12 heavy (non-hydrogen) atoms. The van der Waals surface area contributed by atoms with Gasteiger partial charge in [0.2, 0.25) is 5.91 Å². The van der Waals surface area contributed by atoms with Gasteiger partial charge in [-0.3, -0.25) is 4.79 Å². The molecule has 0 aromatic heterocycles. The molecule has 0 atom stereocenters. The number of nitrogens with zero attached hydrogens (tertiary/aromatic N) is 1. The number of amides is 1. The Balaban J connectivity index is 2.26. The summed E-state index contributed by atoms with van der Waals surface area (Å²) in [7, 11) is 0. The molecule has 0 N–H and O–H groups in total. The summed E-state index contributed by atoms with van der Waals surface area (Å²) in [5.74, 6) is 0.321. The second kappa shape index (κ2) is 4.96. The number of carbonyl (C=O) groups is 1. The van der Waals surface area contributed by atoms with Crippen LogP contribution in [0.15, 0.2) is 12.2 Å². The molecule has 1 aliphatic rings. The SMILES string of the molecule is CCCCC(=O)N1CC=CCC1. The van der Waals surface area contributed by atoms with Crippen LogP contribution < -0.4 is 0 Å². The lowest BCUT2D eigenvalue weighted by Gasteiger charge is -2.23. The van der Waals surface area contributed by atoms with E-state index in [9.17, 15) is 4.79 Å². The van der Waals surface area contributed by atoms with E-state index < -0.39 is 0 Å². The van der Waals surface area contributed by atoms with Gasteiger partial charge >= 0.3 is 0 Å². The number of hydrogen-bond donors (Lipinski definition) is 0. The van der Waals surface area contributed by atoms with Crippen molar-refractivity contribution < 1.29 is 4.79 Å². The highest BCUT2D eigenvalue weighted by Gasteiger charge is 2.11. The van der Waals surface area contributed by atoms with Crippen LogP contribution >= 0.6 is 0 Å². The zero-order chi connectivity index (χ0) is 8.81. The predicted molar refractivity (Wildman–Crippen MR) is 49.9 cm³/mol. The molecule has 0 unspecified atom stereocenters. The minimum atomic E-state index is 0.321. The molecule has 0 aromatic rings. The van der Waals surface area contributed by atoms with E-state index in [1.807, 2.05) is 4.90 Å². The second-order valence-electron chi connectivity index (χ2n) is 3.20. The molecule has 0 fully saturated rings. The maximum Gasteiger partial charge on any atom is 0.222 e. The lowest BCUT2D eigenvalue weighted by Crippen LogP contribution is -2.33. The van der Waals surface area contributed by atoms with Crippen molar-refractivity contribution in [3.63, 3.8) is 0 Å². The molecule has 0 aromatic carbocycles. The number of carbonyl (C=O) groups excluding carboxylic acids is 1. The van der Waals surface area contributed by atoms with E-state index in [1.54, 1.807) is 0 Å². The molecule has 0 radical (unpaired) electrons. The maximum absolute atomic E-state index is 11.4. The van der Waals surface area contributed by atoms with Crippen molar-refractivity contribution in [2.75, 3.05) is 13.1 Å². The average molecular weight is 167 g/mol. The molecule has 1 heterocycles. The van der Waals surface area contributed by atoms with Gasteiger partial charge in [-0.05, 0) is 12.8 Å². The van der Waals surface area contributed by atoms with Crippen LogP contribution in [0.1, 0.15) is 32.6 Å². The van der Waals surface area contributed by atoms with E-state index in [2.05, 4.69) is 19.1 Å². The molecule has 0 bridgehead atoms. The fourth-order valence-electron chi connectivity index (χ4n) is 1.35. The summed E-state index contributed by atoms with van der Waals surface area (Å²) in [6.07, 6.45) is 8.10. The van der Waals surface area contributed by atoms with Crippen LogP contribution in [0.25, 0.3) is 0 Å². The highest BCUT2D eigenvalue weighted by atomic mass is 16.2. The first-order chi connectivity index (χ1) is 5.84. The molecule has 0 saturated carbocycles. The van der Waals surface area contributed by atoms with Crippen molar-refractivity contribution in [3.05, 3.63) is 12.2 Å². The third-order valence-electron chi connectivity index (χ3n) is 2.16. The Bertz CT molecular complexity index is 175. The van der Waals surface area contributed by atoms with Gasteiger partial charge in [0.1, 0.15) is 0 Å². The first-order valence-electron chi connectivity index (χ1n) is 4.77. The third kappa shape index (κ3) is 2.68. The van der Waals surface area contributed by atoms with Crippen molar-refractivity contribution in [2.45, 2.75) is 32.6 Å². The largest absolute Gasteiger partial charge is 0.339 e. The predicted octanol–water partition coefficient (Wildman–Crippen LogP) is 1.97. The fraction of sp³-hybridized carbons (Fsp3) is 0.700. The van der Waals surface area contributed by atoms with Gasteiger partial charge in [0.15, 0.2) is 0 Å². The van der Waals surface area contributed by atoms with Crippen LogP contribution in [0.5, 0.6) is 0 Å². The van der Waals surface area contributed by atoms with Crippen LogP contribution in [-0.4, -0.2) is 23.9 Å². The zero-order valence-electron chi connectivity index (χ0n) is 7.75. The van der Waals surface area contributed by atoms with E-state index in [1.165, 1.54) is 0 Å². The smallest absolute Gasteiger partial charge is 0.222 e. The van der Waals surface area contributed by atoms with Crippen molar-refractivity contribution in [1.29, 1.82) is 0 Å². The lowest BCUT2D eigenvalue weighted by atomic mass is 10.2. The minimum Gasteiger partial charge on any atom is -0.339 e. The van der Waals surface area contributed by atoms with Crippen molar-refractivity contribution in [1.82, 2.24) is 4.90 Å². The summed E-state index contributed by atoms with van der Waals surface area (Å²) < 4.78 is 0. The number of rotatable bonds is 3. The van der Waals surface area contributed by atoms with Crippen LogP contribution in [-0.2, 0) is 4.79 Å². The summed E-state index contributed by atoms with van der Waals surface area (Å²) >= 11 is 0. The molecule has 1 aliphatic heterocycles. The van der Waals surface area contributed by atoms with Crippen molar-refractivity contribution in [2.24, 2.45) is 0 Å². The highest BCUT2D eigenvalue weighted by molar-refractivity contribution is 5.76. The Morgan fingerprint density at radius 2 is 2.33 bits per heavy atom. The first kappa shape index (κ1) is 9.30. The summed E-state index contributed by atoms with van der Waals surface area (Å²) in [6.45, 7) is 3.85. The van der Waals surface area contributed by atoms with Crippen LogP contribution in [0.2, 0.25) is 0 Å². The van der Waals surface area contributed by atoms with E-state index >= 15 is 0 Å².